The van der Waals surface area contributed by atoms with E-state index in [1.165, 1.54) is 41.6 Å². The number of hydrogen-bond acceptors (Lipinski definition) is 6. The smallest absolute Gasteiger partial charge is 0.237 e. The van der Waals surface area contributed by atoms with Crippen LogP contribution in [0.15, 0.2) is 65.3 Å². The van der Waals surface area contributed by atoms with E-state index in [1.54, 1.807) is 23.1 Å². The van der Waals surface area contributed by atoms with Crippen LogP contribution in [0.1, 0.15) is 13.3 Å². The van der Waals surface area contributed by atoms with Crippen LogP contribution in [0, 0.1) is 5.82 Å². The van der Waals surface area contributed by atoms with Gasteiger partial charge in [-0.3, -0.25) is 9.59 Å². The van der Waals surface area contributed by atoms with Gasteiger partial charge in [-0.05, 0) is 36.8 Å². The zero-order valence-corrected chi connectivity index (χ0v) is 19.3. The SMILES string of the molecule is CC1CC(=O)Nc2ccccc2N1C(=O)CSc1ncnc2scc(-c3ccc(F)cc3)c12. The molecule has 1 unspecified atom stereocenters. The number of carbonyl (C=O) groups is 2. The first-order valence-corrected chi connectivity index (χ1v) is 12.2. The maximum atomic E-state index is 13.4. The van der Waals surface area contributed by atoms with E-state index in [1.807, 2.05) is 30.5 Å². The molecule has 2 aromatic heterocycles. The van der Waals surface area contributed by atoms with Gasteiger partial charge in [0.2, 0.25) is 11.8 Å². The molecule has 0 saturated heterocycles. The molecule has 1 aliphatic rings. The predicted octanol–water partition coefficient (Wildman–Crippen LogP) is 5.35. The predicted molar refractivity (Wildman–Crippen MR) is 130 cm³/mol. The molecule has 5 rings (SSSR count). The number of amides is 2. The topological polar surface area (TPSA) is 75.2 Å². The van der Waals surface area contributed by atoms with Crippen molar-refractivity contribution in [1.82, 2.24) is 9.97 Å². The molecule has 1 atom stereocenters. The maximum absolute atomic E-state index is 13.4. The fraction of sp³-hybridized carbons (Fsp3) is 0.167. The number of halogens is 1. The van der Waals surface area contributed by atoms with Crippen molar-refractivity contribution in [3.05, 3.63) is 66.1 Å². The van der Waals surface area contributed by atoms with Crippen molar-refractivity contribution >= 4 is 56.5 Å². The number of fused-ring (bicyclic) bond motifs is 2. The highest BCUT2D eigenvalue weighted by atomic mass is 32.2. The van der Waals surface area contributed by atoms with Crippen LogP contribution in [0.2, 0.25) is 0 Å². The molecular weight excluding hydrogens is 459 g/mol. The summed E-state index contributed by atoms with van der Waals surface area (Å²) in [6, 6.07) is 13.3. The minimum Gasteiger partial charge on any atom is -0.324 e. The Balaban J connectivity index is 1.44. The summed E-state index contributed by atoms with van der Waals surface area (Å²) in [5.41, 5.74) is 3.10. The highest BCUT2D eigenvalue weighted by Crippen LogP contribution is 2.38. The molecule has 3 heterocycles. The number of thiophene rings is 1. The van der Waals surface area contributed by atoms with Crippen LogP contribution in [0.3, 0.4) is 0 Å². The van der Waals surface area contributed by atoms with Crippen LogP contribution in [0.5, 0.6) is 0 Å². The lowest BCUT2D eigenvalue weighted by Crippen LogP contribution is -2.40. The van der Waals surface area contributed by atoms with Gasteiger partial charge in [0.25, 0.3) is 0 Å². The molecule has 2 aromatic carbocycles. The second-order valence-corrected chi connectivity index (χ2v) is 9.51. The minimum absolute atomic E-state index is 0.109. The molecule has 0 radical (unpaired) electrons. The first-order chi connectivity index (χ1) is 16.0. The normalized spacial score (nSPS) is 15.8. The van der Waals surface area contributed by atoms with Crippen LogP contribution >= 0.6 is 23.1 Å². The Bertz CT molecular complexity index is 1360. The molecule has 166 valence electrons. The number of aromatic nitrogens is 2. The molecule has 0 spiro atoms. The molecule has 4 aromatic rings. The number of rotatable bonds is 4. The summed E-state index contributed by atoms with van der Waals surface area (Å²) in [4.78, 5) is 36.9. The van der Waals surface area contributed by atoms with Gasteiger partial charge < -0.3 is 10.2 Å². The van der Waals surface area contributed by atoms with Gasteiger partial charge in [0.15, 0.2) is 0 Å². The number of para-hydroxylation sites is 2. The van der Waals surface area contributed by atoms with Crippen LogP contribution in [-0.4, -0.2) is 33.6 Å². The zero-order chi connectivity index (χ0) is 22.9. The first-order valence-electron chi connectivity index (χ1n) is 10.3. The van der Waals surface area contributed by atoms with Crippen molar-refractivity contribution in [3.63, 3.8) is 0 Å². The summed E-state index contributed by atoms with van der Waals surface area (Å²) in [5.74, 6) is -0.369. The van der Waals surface area contributed by atoms with Gasteiger partial charge in [-0.1, -0.05) is 36.0 Å². The number of benzene rings is 2. The average Bonchev–Trinajstić information content (AvgIpc) is 3.19. The number of anilines is 2. The highest BCUT2D eigenvalue weighted by molar-refractivity contribution is 8.00. The second-order valence-electron chi connectivity index (χ2n) is 7.69. The summed E-state index contributed by atoms with van der Waals surface area (Å²) in [6.45, 7) is 1.87. The summed E-state index contributed by atoms with van der Waals surface area (Å²) in [6.07, 6.45) is 1.72. The van der Waals surface area contributed by atoms with Crippen LogP contribution in [0.25, 0.3) is 21.3 Å². The van der Waals surface area contributed by atoms with Gasteiger partial charge in [0.05, 0.1) is 22.5 Å². The lowest BCUT2D eigenvalue weighted by molar-refractivity contribution is -0.117. The Morgan fingerprint density at radius 3 is 2.82 bits per heavy atom. The average molecular weight is 479 g/mol. The third kappa shape index (κ3) is 4.21. The monoisotopic (exact) mass is 478 g/mol. The standard InChI is InChI=1S/C24H19FN4O2S2/c1-14-10-20(30)28-18-4-2-3-5-19(18)29(14)21(31)12-33-24-22-17(11-32-23(22)26-13-27-24)15-6-8-16(25)9-7-15/h2-9,11,13-14H,10,12H2,1H3,(H,28,30). The van der Waals surface area contributed by atoms with Crippen LogP contribution in [-0.2, 0) is 9.59 Å². The van der Waals surface area contributed by atoms with E-state index >= 15 is 0 Å². The van der Waals surface area contributed by atoms with E-state index < -0.39 is 0 Å². The quantitative estimate of drug-likeness (QED) is 0.316. The van der Waals surface area contributed by atoms with E-state index in [-0.39, 0.29) is 35.8 Å². The lowest BCUT2D eigenvalue weighted by Gasteiger charge is -2.27. The van der Waals surface area contributed by atoms with E-state index in [2.05, 4.69) is 15.3 Å². The van der Waals surface area contributed by atoms with E-state index in [9.17, 15) is 14.0 Å². The Kier molecular flexibility index (Phi) is 5.82. The third-order valence-corrected chi connectivity index (χ3v) is 7.31. The zero-order valence-electron chi connectivity index (χ0n) is 17.6. The van der Waals surface area contributed by atoms with Gasteiger partial charge in [0, 0.05) is 23.4 Å². The lowest BCUT2D eigenvalue weighted by atomic mass is 10.1. The number of carbonyl (C=O) groups excluding carboxylic acids is 2. The second kappa shape index (κ2) is 8.92. The van der Waals surface area contributed by atoms with Crippen molar-refractivity contribution in [2.75, 3.05) is 16.0 Å². The number of nitrogens with zero attached hydrogens (tertiary/aromatic N) is 3. The number of hydrogen-bond donors (Lipinski definition) is 1. The Morgan fingerprint density at radius 1 is 1.21 bits per heavy atom. The molecule has 6 nitrogen and oxygen atoms in total. The van der Waals surface area contributed by atoms with Crippen molar-refractivity contribution in [2.45, 2.75) is 24.4 Å². The van der Waals surface area contributed by atoms with Crippen molar-refractivity contribution in [2.24, 2.45) is 0 Å². The first kappa shape index (κ1) is 21.5. The van der Waals surface area contributed by atoms with Gasteiger partial charge >= 0.3 is 0 Å². The van der Waals surface area contributed by atoms with Crippen molar-refractivity contribution < 1.29 is 14.0 Å². The van der Waals surface area contributed by atoms with E-state index in [0.717, 1.165) is 21.3 Å². The number of thioether (sulfide) groups is 1. The molecule has 0 aliphatic carbocycles. The summed E-state index contributed by atoms with van der Waals surface area (Å²) in [7, 11) is 0. The molecule has 0 fully saturated rings. The van der Waals surface area contributed by atoms with E-state index in [0.29, 0.717) is 16.4 Å². The number of nitrogens with one attached hydrogen (secondary N) is 1. The fourth-order valence-electron chi connectivity index (χ4n) is 3.97. The molecule has 1 aliphatic heterocycles. The fourth-order valence-corrected chi connectivity index (χ4v) is 5.82. The molecule has 1 N–H and O–H groups in total. The molecule has 33 heavy (non-hydrogen) atoms. The van der Waals surface area contributed by atoms with Crippen LogP contribution < -0.4 is 10.2 Å². The Labute approximate surface area is 197 Å². The highest BCUT2D eigenvalue weighted by Gasteiger charge is 2.29. The van der Waals surface area contributed by atoms with Gasteiger partial charge in [-0.2, -0.15) is 0 Å². The largest absolute Gasteiger partial charge is 0.324 e. The van der Waals surface area contributed by atoms with Gasteiger partial charge in [-0.15, -0.1) is 11.3 Å². The van der Waals surface area contributed by atoms with Gasteiger partial charge in [-0.25, -0.2) is 14.4 Å². The van der Waals surface area contributed by atoms with Crippen LogP contribution in [0.4, 0.5) is 15.8 Å². The van der Waals surface area contributed by atoms with E-state index in [4.69, 9.17) is 0 Å². The summed E-state index contributed by atoms with van der Waals surface area (Å²) in [5, 5.41) is 6.40. The minimum atomic E-state index is -0.297. The van der Waals surface area contributed by atoms with Crippen molar-refractivity contribution in [3.8, 4) is 11.1 Å². The third-order valence-electron chi connectivity index (χ3n) is 5.45. The summed E-state index contributed by atoms with van der Waals surface area (Å²) >= 11 is 2.82. The Hall–Kier alpha value is -3.30. The van der Waals surface area contributed by atoms with Crippen molar-refractivity contribution in [1.29, 1.82) is 0 Å². The van der Waals surface area contributed by atoms with Gasteiger partial charge in [0.1, 0.15) is 22.0 Å². The molecule has 0 bridgehead atoms. The Morgan fingerprint density at radius 2 is 2.00 bits per heavy atom. The molecule has 0 saturated carbocycles. The molecule has 9 heteroatoms. The maximum Gasteiger partial charge on any atom is 0.237 e. The molecular formula is C24H19FN4O2S2. The molecule has 2 amide bonds. The summed E-state index contributed by atoms with van der Waals surface area (Å²) < 4.78 is 13.4.